The summed E-state index contributed by atoms with van der Waals surface area (Å²) in [7, 11) is 0. The Morgan fingerprint density at radius 2 is 1.55 bits per heavy atom. The summed E-state index contributed by atoms with van der Waals surface area (Å²) in [6.07, 6.45) is 0.823. The van der Waals surface area contributed by atoms with Crippen molar-refractivity contribution in [2.24, 2.45) is 5.41 Å². The first-order valence-corrected chi connectivity index (χ1v) is 4.72. The van der Waals surface area contributed by atoms with Gasteiger partial charge < -0.3 is 0 Å². The van der Waals surface area contributed by atoms with Crippen LogP contribution < -0.4 is 0 Å². The van der Waals surface area contributed by atoms with Gasteiger partial charge in [-0.2, -0.15) is 0 Å². The fraction of sp³-hybridized carbons (Fsp3) is 0.714. The van der Waals surface area contributed by atoms with Crippen molar-refractivity contribution in [2.45, 2.75) is 25.1 Å². The number of rotatable bonds is 1. The fourth-order valence-electron chi connectivity index (χ4n) is 1.09. The van der Waals surface area contributed by atoms with Crippen LogP contribution in [0.5, 0.6) is 0 Å². The van der Waals surface area contributed by atoms with Crippen LogP contribution in [0.3, 0.4) is 0 Å². The van der Waals surface area contributed by atoms with E-state index < -0.39 is 4.87 Å². The summed E-state index contributed by atoms with van der Waals surface area (Å²) in [6.45, 7) is 4.05. The average Bonchev–Trinajstić information content (AvgIpc) is 2.32. The minimum Gasteiger partial charge on any atom is -0.112 e. The van der Waals surface area contributed by atoms with Gasteiger partial charge in [-0.05, 0) is 11.8 Å². The third-order valence-electron chi connectivity index (χ3n) is 2.15. The molecule has 0 spiro atoms. The summed E-state index contributed by atoms with van der Waals surface area (Å²) in [5.41, 5.74) is 0.0146. The van der Waals surface area contributed by atoms with Gasteiger partial charge in [0.2, 0.25) is 0 Å². The van der Waals surface area contributed by atoms with Crippen LogP contribution in [-0.4, -0.2) is 4.87 Å². The lowest BCUT2D eigenvalue weighted by molar-refractivity contribution is 0.620. The largest absolute Gasteiger partial charge is 0.123 e. The maximum atomic E-state index is 6.12. The van der Waals surface area contributed by atoms with Crippen LogP contribution in [0, 0.1) is 5.41 Å². The zero-order valence-corrected chi connectivity index (χ0v) is 9.24. The van der Waals surface area contributed by atoms with Crippen molar-refractivity contribution in [3.8, 4) is 0 Å². The van der Waals surface area contributed by atoms with Crippen molar-refractivity contribution < 1.29 is 0 Å². The van der Waals surface area contributed by atoms with Crippen LogP contribution in [0.4, 0.5) is 0 Å². The topological polar surface area (TPSA) is 0 Å². The van der Waals surface area contributed by atoms with Gasteiger partial charge in [-0.25, -0.2) is 0 Å². The molecule has 1 aliphatic rings. The van der Waals surface area contributed by atoms with Gasteiger partial charge in [-0.1, -0.05) is 48.7 Å². The van der Waals surface area contributed by atoms with E-state index in [0.717, 1.165) is 6.42 Å². The van der Waals surface area contributed by atoms with E-state index in [2.05, 4.69) is 0 Å². The molecule has 11 heavy (non-hydrogen) atoms. The van der Waals surface area contributed by atoms with Crippen molar-refractivity contribution in [1.82, 2.24) is 0 Å². The van der Waals surface area contributed by atoms with E-state index in [1.54, 1.807) is 0 Å². The van der Waals surface area contributed by atoms with E-state index in [-0.39, 0.29) is 9.91 Å². The third kappa shape index (κ3) is 1.51. The van der Waals surface area contributed by atoms with Crippen molar-refractivity contribution in [3.05, 3.63) is 9.52 Å². The Morgan fingerprint density at radius 3 is 1.64 bits per heavy atom. The first-order chi connectivity index (χ1) is 4.81. The second-order valence-electron chi connectivity index (χ2n) is 3.44. The maximum absolute atomic E-state index is 6.12. The zero-order valence-electron chi connectivity index (χ0n) is 6.22. The smallest absolute Gasteiger partial charge is 0.112 e. The highest BCUT2D eigenvalue weighted by Gasteiger charge is 2.63. The summed E-state index contributed by atoms with van der Waals surface area (Å²) in [5.74, 6) is 0. The van der Waals surface area contributed by atoms with Crippen molar-refractivity contribution in [2.75, 3.05) is 0 Å². The molecule has 64 valence electrons. The Hall–Kier alpha value is 0.900. The number of halogens is 4. The highest BCUT2D eigenvalue weighted by molar-refractivity contribution is 6.60. The van der Waals surface area contributed by atoms with Crippen molar-refractivity contribution >= 4 is 46.4 Å². The van der Waals surface area contributed by atoms with Gasteiger partial charge in [0.25, 0.3) is 0 Å². The molecule has 1 aliphatic carbocycles. The Labute approximate surface area is 86.4 Å². The molecule has 1 fully saturated rings. The van der Waals surface area contributed by atoms with Gasteiger partial charge in [0.15, 0.2) is 0 Å². The number of hydrogen-bond donors (Lipinski definition) is 0. The zero-order chi connectivity index (χ0) is 8.86. The lowest BCUT2D eigenvalue weighted by Gasteiger charge is -2.10. The Morgan fingerprint density at radius 1 is 1.18 bits per heavy atom. The Kier molecular flexibility index (Phi) is 2.45. The van der Waals surface area contributed by atoms with E-state index in [9.17, 15) is 0 Å². The molecule has 0 aromatic heterocycles. The standard InChI is InChI=1S/C7H8Cl4/c1-6(2)3-7(6,11)4(8)5(9)10/h3H2,1-2H3. The fourth-order valence-corrected chi connectivity index (χ4v) is 2.26. The van der Waals surface area contributed by atoms with E-state index in [4.69, 9.17) is 46.4 Å². The summed E-state index contributed by atoms with van der Waals surface area (Å²) >= 11 is 23.0. The molecule has 0 heterocycles. The van der Waals surface area contributed by atoms with Crippen LogP contribution >= 0.6 is 46.4 Å². The Bertz CT molecular complexity index is 214. The molecule has 1 atom stereocenters. The third-order valence-corrected chi connectivity index (χ3v) is 4.16. The van der Waals surface area contributed by atoms with E-state index in [0.29, 0.717) is 5.03 Å². The van der Waals surface area contributed by atoms with E-state index in [1.165, 1.54) is 0 Å². The van der Waals surface area contributed by atoms with Crippen LogP contribution in [0.15, 0.2) is 9.52 Å². The second kappa shape index (κ2) is 2.70. The lowest BCUT2D eigenvalue weighted by Crippen LogP contribution is -2.08. The molecule has 0 aromatic carbocycles. The molecule has 0 nitrogen and oxygen atoms in total. The van der Waals surface area contributed by atoms with Crippen LogP contribution in [0.1, 0.15) is 20.3 Å². The number of hydrogen-bond acceptors (Lipinski definition) is 0. The average molecular weight is 234 g/mol. The molecule has 0 radical (unpaired) electrons. The minimum absolute atomic E-state index is 0.0146. The molecule has 0 aliphatic heterocycles. The van der Waals surface area contributed by atoms with Gasteiger partial charge in [-0.15, -0.1) is 11.6 Å². The van der Waals surface area contributed by atoms with Gasteiger partial charge in [-0.3, -0.25) is 0 Å². The molecule has 0 bridgehead atoms. The molecular weight excluding hydrogens is 226 g/mol. The normalized spacial score (nSPS) is 33.3. The molecule has 0 saturated heterocycles. The van der Waals surface area contributed by atoms with Gasteiger partial charge >= 0.3 is 0 Å². The Balaban J connectivity index is 2.89. The van der Waals surface area contributed by atoms with Crippen LogP contribution in [-0.2, 0) is 0 Å². The van der Waals surface area contributed by atoms with E-state index >= 15 is 0 Å². The van der Waals surface area contributed by atoms with Crippen molar-refractivity contribution in [3.63, 3.8) is 0 Å². The second-order valence-corrected chi connectivity index (χ2v) is 5.41. The summed E-state index contributed by atoms with van der Waals surface area (Å²) in [4.78, 5) is -0.520. The molecule has 1 unspecified atom stereocenters. The molecule has 0 amide bonds. The quantitative estimate of drug-likeness (QED) is 0.594. The van der Waals surface area contributed by atoms with Crippen molar-refractivity contribution in [1.29, 1.82) is 0 Å². The molecular formula is C7H8Cl4. The first-order valence-electron chi connectivity index (χ1n) is 3.21. The monoisotopic (exact) mass is 232 g/mol. The number of allylic oxidation sites excluding steroid dienone is 1. The highest BCUT2D eigenvalue weighted by Crippen LogP contribution is 2.66. The predicted octanol–water partition coefficient (Wildman–Crippen LogP) is 4.28. The van der Waals surface area contributed by atoms with Crippen LogP contribution in [0.2, 0.25) is 0 Å². The lowest BCUT2D eigenvalue weighted by atomic mass is 10.1. The predicted molar refractivity (Wildman–Crippen MR) is 51.6 cm³/mol. The highest BCUT2D eigenvalue weighted by atomic mass is 35.5. The number of alkyl halides is 1. The molecule has 1 rings (SSSR count). The molecule has 1 saturated carbocycles. The minimum atomic E-state index is -0.520. The molecule has 4 heteroatoms. The van der Waals surface area contributed by atoms with Gasteiger partial charge in [0.05, 0.1) is 9.91 Å². The van der Waals surface area contributed by atoms with Crippen LogP contribution in [0.25, 0.3) is 0 Å². The van der Waals surface area contributed by atoms with Gasteiger partial charge in [0, 0.05) is 0 Å². The molecule has 0 N–H and O–H groups in total. The SMILES string of the molecule is CC1(C)CC1(Cl)C(Cl)=C(Cl)Cl. The summed E-state index contributed by atoms with van der Waals surface area (Å²) < 4.78 is 0.0761. The maximum Gasteiger partial charge on any atom is 0.123 e. The first kappa shape index (κ1) is 9.98. The summed E-state index contributed by atoms with van der Waals surface area (Å²) in [6, 6.07) is 0. The molecule has 0 aromatic rings. The van der Waals surface area contributed by atoms with Gasteiger partial charge in [0.1, 0.15) is 4.49 Å². The van der Waals surface area contributed by atoms with E-state index in [1.807, 2.05) is 13.8 Å². The summed E-state index contributed by atoms with van der Waals surface area (Å²) in [5, 5.41) is 0.368.